The third-order valence-corrected chi connectivity index (χ3v) is 2.66. The van der Waals surface area contributed by atoms with Crippen LogP contribution in [0.15, 0.2) is 17.6 Å². The molecule has 0 fully saturated rings. The summed E-state index contributed by atoms with van der Waals surface area (Å²) in [7, 11) is 1.92. The minimum absolute atomic E-state index is 0.303. The van der Waals surface area contributed by atoms with Crippen LogP contribution in [0.1, 0.15) is 0 Å². The van der Waals surface area contributed by atoms with Crippen molar-refractivity contribution in [3.63, 3.8) is 0 Å². The molecule has 0 radical (unpaired) electrons. The highest BCUT2D eigenvalue weighted by atomic mass is 32.2. The van der Waals surface area contributed by atoms with Crippen LogP contribution in [0.4, 0.5) is 0 Å². The fourth-order valence-electron chi connectivity index (χ4n) is 0.730. The predicted molar refractivity (Wildman–Crippen MR) is 49.0 cm³/mol. The highest BCUT2D eigenvalue weighted by molar-refractivity contribution is 7.99. The van der Waals surface area contributed by atoms with E-state index < -0.39 is 6.10 Å². The molecule has 0 aliphatic heterocycles. The van der Waals surface area contributed by atoms with Crippen LogP contribution in [-0.2, 0) is 7.05 Å². The molecule has 0 amide bonds. The number of aromatic nitrogens is 2. The van der Waals surface area contributed by atoms with E-state index in [1.807, 2.05) is 17.8 Å². The first-order chi connectivity index (χ1) is 5.74. The van der Waals surface area contributed by atoms with Crippen molar-refractivity contribution in [3.05, 3.63) is 12.4 Å². The van der Waals surface area contributed by atoms with E-state index in [-0.39, 0.29) is 0 Å². The van der Waals surface area contributed by atoms with Crippen LogP contribution in [0.3, 0.4) is 0 Å². The molecule has 4 nitrogen and oxygen atoms in total. The van der Waals surface area contributed by atoms with Crippen molar-refractivity contribution in [2.24, 2.45) is 12.8 Å². The number of rotatable bonds is 4. The SMILES string of the molecule is Cn1ccnc1SCC(O)CN. The molecule has 3 N–H and O–H groups in total. The summed E-state index contributed by atoms with van der Waals surface area (Å²) in [6.07, 6.45) is 3.17. The van der Waals surface area contributed by atoms with Crippen molar-refractivity contribution in [2.75, 3.05) is 12.3 Å². The number of nitrogens with zero attached hydrogens (tertiary/aromatic N) is 2. The van der Waals surface area contributed by atoms with E-state index in [9.17, 15) is 0 Å². The Labute approximate surface area is 75.8 Å². The zero-order valence-electron chi connectivity index (χ0n) is 6.97. The Hall–Kier alpha value is -0.520. The molecular formula is C7H13N3OS. The second-order valence-corrected chi connectivity index (χ2v) is 3.51. The van der Waals surface area contributed by atoms with E-state index in [4.69, 9.17) is 10.8 Å². The average molecular weight is 187 g/mol. The topological polar surface area (TPSA) is 64.1 Å². The molecule has 0 aliphatic rings. The Morgan fingerprint density at radius 2 is 2.58 bits per heavy atom. The van der Waals surface area contributed by atoms with Crippen LogP contribution in [0, 0.1) is 0 Å². The van der Waals surface area contributed by atoms with Gasteiger partial charge in [0.25, 0.3) is 0 Å². The van der Waals surface area contributed by atoms with Gasteiger partial charge in [0.2, 0.25) is 0 Å². The predicted octanol–water partition coefficient (Wildman–Crippen LogP) is -0.168. The molecule has 1 aromatic heterocycles. The monoisotopic (exact) mass is 187 g/mol. The van der Waals surface area contributed by atoms with Gasteiger partial charge >= 0.3 is 0 Å². The molecule has 0 spiro atoms. The highest BCUT2D eigenvalue weighted by Crippen LogP contribution is 2.14. The summed E-state index contributed by atoms with van der Waals surface area (Å²) >= 11 is 1.51. The fourth-order valence-corrected chi connectivity index (χ4v) is 1.61. The molecule has 0 aliphatic carbocycles. The van der Waals surface area contributed by atoms with Gasteiger partial charge in [-0.25, -0.2) is 4.98 Å². The molecule has 1 heterocycles. The molecule has 12 heavy (non-hydrogen) atoms. The standard InChI is InChI=1S/C7H13N3OS/c1-10-3-2-9-7(10)12-5-6(11)4-8/h2-3,6,11H,4-5,8H2,1H3. The van der Waals surface area contributed by atoms with Gasteiger partial charge in [0.1, 0.15) is 0 Å². The molecule has 5 heteroatoms. The lowest BCUT2D eigenvalue weighted by Gasteiger charge is -2.05. The Balaban J connectivity index is 2.38. The molecule has 0 bridgehead atoms. The van der Waals surface area contributed by atoms with Gasteiger partial charge < -0.3 is 15.4 Å². The van der Waals surface area contributed by atoms with Crippen molar-refractivity contribution in [1.29, 1.82) is 0 Å². The van der Waals surface area contributed by atoms with E-state index in [2.05, 4.69) is 4.98 Å². The van der Waals surface area contributed by atoms with Crippen molar-refractivity contribution in [2.45, 2.75) is 11.3 Å². The van der Waals surface area contributed by atoms with Crippen LogP contribution >= 0.6 is 11.8 Å². The average Bonchev–Trinajstić information content (AvgIpc) is 2.47. The van der Waals surface area contributed by atoms with Gasteiger partial charge in [-0.2, -0.15) is 0 Å². The van der Waals surface area contributed by atoms with Crippen molar-refractivity contribution >= 4 is 11.8 Å². The molecule has 68 valence electrons. The Kier molecular flexibility index (Phi) is 3.58. The maximum absolute atomic E-state index is 9.16. The number of hydrogen-bond acceptors (Lipinski definition) is 4. The van der Waals surface area contributed by atoms with Crippen LogP contribution in [0.5, 0.6) is 0 Å². The summed E-state index contributed by atoms with van der Waals surface area (Å²) in [5, 5.41) is 10.1. The lowest BCUT2D eigenvalue weighted by atomic mass is 10.4. The molecule has 0 saturated carbocycles. The van der Waals surface area contributed by atoms with Crippen LogP contribution in [0.2, 0.25) is 0 Å². The zero-order chi connectivity index (χ0) is 8.97. The van der Waals surface area contributed by atoms with Crippen molar-refractivity contribution in [1.82, 2.24) is 9.55 Å². The van der Waals surface area contributed by atoms with Crippen LogP contribution in [-0.4, -0.2) is 33.1 Å². The molecule has 1 aromatic rings. The van der Waals surface area contributed by atoms with E-state index in [1.54, 1.807) is 6.20 Å². The number of aliphatic hydroxyl groups is 1. The fraction of sp³-hybridized carbons (Fsp3) is 0.571. The molecule has 1 atom stereocenters. The van der Waals surface area contributed by atoms with E-state index in [0.29, 0.717) is 12.3 Å². The minimum Gasteiger partial charge on any atom is -0.391 e. The smallest absolute Gasteiger partial charge is 0.167 e. The normalized spacial score (nSPS) is 13.2. The Morgan fingerprint density at radius 3 is 3.08 bits per heavy atom. The second-order valence-electron chi connectivity index (χ2n) is 2.52. The molecule has 1 unspecified atom stereocenters. The van der Waals surface area contributed by atoms with Gasteiger partial charge in [-0.3, -0.25) is 0 Å². The number of imidazole rings is 1. The quantitative estimate of drug-likeness (QED) is 0.642. The Bertz CT molecular complexity index is 238. The molecule has 0 saturated heterocycles. The first kappa shape index (κ1) is 9.57. The van der Waals surface area contributed by atoms with E-state index in [1.165, 1.54) is 11.8 Å². The summed E-state index contributed by atoms with van der Waals surface area (Å²) in [4.78, 5) is 4.10. The molecular weight excluding hydrogens is 174 g/mol. The number of aliphatic hydroxyl groups excluding tert-OH is 1. The van der Waals surface area contributed by atoms with Gasteiger partial charge in [-0.05, 0) is 0 Å². The van der Waals surface area contributed by atoms with Gasteiger partial charge in [0.05, 0.1) is 6.10 Å². The lowest BCUT2D eigenvalue weighted by Crippen LogP contribution is -2.22. The Morgan fingerprint density at radius 1 is 1.83 bits per heavy atom. The number of nitrogens with two attached hydrogens (primary N) is 1. The van der Waals surface area contributed by atoms with Crippen molar-refractivity contribution in [3.8, 4) is 0 Å². The maximum atomic E-state index is 9.16. The first-order valence-corrected chi connectivity index (χ1v) is 4.71. The summed E-state index contributed by atoms with van der Waals surface area (Å²) in [6.45, 7) is 0.303. The van der Waals surface area contributed by atoms with Gasteiger partial charge in [-0.1, -0.05) is 11.8 Å². The summed E-state index contributed by atoms with van der Waals surface area (Å²) in [5.74, 6) is 0.599. The maximum Gasteiger partial charge on any atom is 0.167 e. The van der Waals surface area contributed by atoms with E-state index in [0.717, 1.165) is 5.16 Å². The van der Waals surface area contributed by atoms with Gasteiger partial charge in [0, 0.05) is 31.7 Å². The second kappa shape index (κ2) is 4.49. The number of aryl methyl sites for hydroxylation is 1. The number of hydrogen-bond donors (Lipinski definition) is 2. The van der Waals surface area contributed by atoms with Crippen molar-refractivity contribution < 1.29 is 5.11 Å². The molecule has 0 aromatic carbocycles. The first-order valence-electron chi connectivity index (χ1n) is 3.72. The summed E-state index contributed by atoms with van der Waals surface area (Å²) in [6, 6.07) is 0. The minimum atomic E-state index is -0.438. The highest BCUT2D eigenvalue weighted by Gasteiger charge is 2.04. The third kappa shape index (κ3) is 2.51. The lowest BCUT2D eigenvalue weighted by molar-refractivity contribution is 0.208. The zero-order valence-corrected chi connectivity index (χ0v) is 7.79. The van der Waals surface area contributed by atoms with Crippen LogP contribution < -0.4 is 5.73 Å². The van der Waals surface area contributed by atoms with E-state index >= 15 is 0 Å². The van der Waals surface area contributed by atoms with Gasteiger partial charge in [-0.15, -0.1) is 0 Å². The summed E-state index contributed by atoms with van der Waals surface area (Å²) in [5.41, 5.74) is 5.26. The molecule has 1 rings (SSSR count). The van der Waals surface area contributed by atoms with Gasteiger partial charge in [0.15, 0.2) is 5.16 Å². The largest absolute Gasteiger partial charge is 0.391 e. The summed E-state index contributed by atoms with van der Waals surface area (Å²) < 4.78 is 1.91. The van der Waals surface area contributed by atoms with Crippen LogP contribution in [0.25, 0.3) is 0 Å². The third-order valence-electron chi connectivity index (χ3n) is 1.45. The number of thioether (sulfide) groups is 1.